The molecule has 11 heteroatoms. The van der Waals surface area contributed by atoms with Gasteiger partial charge in [-0.2, -0.15) is 0 Å². The number of carbonyl (C=O) groups is 5. The van der Waals surface area contributed by atoms with Crippen molar-refractivity contribution in [3.8, 4) is 5.75 Å². The minimum atomic E-state index is -1.14. The van der Waals surface area contributed by atoms with Crippen LogP contribution in [0.15, 0.2) is 54.6 Å². The summed E-state index contributed by atoms with van der Waals surface area (Å²) in [4.78, 5) is 66.7. The van der Waals surface area contributed by atoms with E-state index in [9.17, 15) is 24.0 Å². The molecule has 1 fully saturated rings. The number of nitrogens with one attached hydrogen (secondary N) is 2. The number of ketones is 1. The number of hydrogen-bond acceptors (Lipinski definition) is 7. The predicted octanol–water partition coefficient (Wildman–Crippen LogP) is 1.97. The Balaban J connectivity index is 1.69. The summed E-state index contributed by atoms with van der Waals surface area (Å²) in [6, 6.07) is 12.8. The van der Waals surface area contributed by atoms with Crippen LogP contribution in [0, 0.1) is 0 Å². The summed E-state index contributed by atoms with van der Waals surface area (Å²) in [7, 11) is 0. The number of hydrogen-bond donors (Lipinski definition) is 3. The number of amides is 4. The minimum absolute atomic E-state index is 0.0168. The van der Waals surface area contributed by atoms with Crippen molar-refractivity contribution < 1.29 is 33.4 Å². The van der Waals surface area contributed by atoms with Crippen molar-refractivity contribution in [3.05, 3.63) is 65.7 Å². The molecule has 0 saturated carbocycles. The summed E-state index contributed by atoms with van der Waals surface area (Å²) < 4.78 is 12.4. The van der Waals surface area contributed by atoms with Crippen molar-refractivity contribution in [2.45, 2.75) is 82.7 Å². The fraction of sp³-hybridized carbons (Fsp3) is 0.469. The van der Waals surface area contributed by atoms with Crippen LogP contribution in [-0.4, -0.2) is 71.3 Å². The molecule has 0 aliphatic carbocycles. The van der Waals surface area contributed by atoms with Crippen LogP contribution >= 0.6 is 0 Å². The van der Waals surface area contributed by atoms with E-state index in [1.807, 2.05) is 39.0 Å². The normalized spacial score (nSPS) is 23.0. The average molecular weight is 593 g/mol. The molecule has 0 spiro atoms. The number of benzene rings is 2. The number of nitrogens with two attached hydrogens (primary N) is 1. The van der Waals surface area contributed by atoms with Gasteiger partial charge in [0.1, 0.15) is 17.8 Å². The largest absolute Gasteiger partial charge is 0.493 e. The molecule has 4 amide bonds. The van der Waals surface area contributed by atoms with Crippen molar-refractivity contribution in [2.75, 3.05) is 13.2 Å². The van der Waals surface area contributed by atoms with E-state index < -0.39 is 53.3 Å². The first-order valence-electron chi connectivity index (χ1n) is 14.7. The molecular formula is C32H40N4O7. The highest BCUT2D eigenvalue weighted by Crippen LogP contribution is 2.30. The number of carbonyl (C=O) groups excluding carboxylic acids is 5. The highest BCUT2D eigenvalue weighted by Gasteiger charge is 2.45. The van der Waals surface area contributed by atoms with Gasteiger partial charge >= 0.3 is 0 Å². The second-order valence-electron chi connectivity index (χ2n) is 11.7. The molecule has 2 aromatic rings. The molecule has 4 atom stereocenters. The third-order valence-corrected chi connectivity index (χ3v) is 7.71. The highest BCUT2D eigenvalue weighted by atomic mass is 16.5. The molecule has 2 heterocycles. The lowest BCUT2D eigenvalue weighted by molar-refractivity contribution is -0.143. The fourth-order valence-corrected chi connectivity index (χ4v) is 5.54. The topological polar surface area (TPSA) is 157 Å². The minimum Gasteiger partial charge on any atom is -0.493 e. The first-order valence-corrected chi connectivity index (χ1v) is 14.7. The summed E-state index contributed by atoms with van der Waals surface area (Å²) in [6.07, 6.45) is 0.908. The van der Waals surface area contributed by atoms with Crippen LogP contribution in [-0.2, 0) is 35.1 Å². The van der Waals surface area contributed by atoms with Crippen LogP contribution in [0.4, 0.5) is 0 Å². The van der Waals surface area contributed by atoms with Crippen LogP contribution in [0.5, 0.6) is 5.75 Å². The zero-order valence-corrected chi connectivity index (χ0v) is 24.8. The molecule has 1 saturated heterocycles. The van der Waals surface area contributed by atoms with Gasteiger partial charge in [0.25, 0.3) is 11.8 Å². The van der Waals surface area contributed by atoms with Crippen molar-refractivity contribution in [1.29, 1.82) is 0 Å². The zero-order valence-electron chi connectivity index (χ0n) is 24.8. The van der Waals surface area contributed by atoms with Crippen LogP contribution in [0.3, 0.4) is 0 Å². The van der Waals surface area contributed by atoms with Crippen molar-refractivity contribution in [1.82, 2.24) is 15.5 Å². The predicted molar refractivity (Wildman–Crippen MR) is 158 cm³/mol. The molecule has 4 bridgehead atoms. The Kier molecular flexibility index (Phi) is 10.2. The molecule has 2 aliphatic heterocycles. The molecule has 0 radical (unpaired) electrons. The number of fused-ring (bicyclic) bond motifs is 4. The molecule has 43 heavy (non-hydrogen) atoms. The zero-order chi connectivity index (χ0) is 31.1. The number of ether oxygens (including phenoxy) is 2. The maximum absolute atomic E-state index is 14.3. The molecule has 11 nitrogen and oxygen atoms in total. The van der Waals surface area contributed by atoms with Gasteiger partial charge in [0.15, 0.2) is 0 Å². The first kappa shape index (κ1) is 31.7. The maximum Gasteiger partial charge on any atom is 0.287 e. The SMILES string of the molecule is CCCC(NC(=O)[C@@H]1C[C@@H]2CN1C(=O)[C@H](c1ccccc1)NC(=O)Cc1cccc(c1)OCCC(C)(C)O2)C(=O)C(N)=O. The lowest BCUT2D eigenvalue weighted by atomic mass is 10.0. The second kappa shape index (κ2) is 13.8. The van der Waals surface area contributed by atoms with E-state index in [-0.39, 0.29) is 31.7 Å². The fourth-order valence-electron chi connectivity index (χ4n) is 5.54. The van der Waals surface area contributed by atoms with E-state index in [1.165, 1.54) is 4.90 Å². The first-order chi connectivity index (χ1) is 20.5. The Morgan fingerprint density at radius 2 is 1.86 bits per heavy atom. The number of nitrogens with zero attached hydrogens (tertiary/aromatic N) is 1. The van der Waals surface area contributed by atoms with Crippen LogP contribution in [0.25, 0.3) is 0 Å². The molecule has 2 aliphatic rings. The summed E-state index contributed by atoms with van der Waals surface area (Å²) in [6.45, 7) is 6.10. The van der Waals surface area contributed by atoms with E-state index in [0.29, 0.717) is 30.8 Å². The van der Waals surface area contributed by atoms with Crippen molar-refractivity contribution in [3.63, 3.8) is 0 Å². The van der Waals surface area contributed by atoms with Gasteiger partial charge in [0.2, 0.25) is 17.6 Å². The van der Waals surface area contributed by atoms with E-state index >= 15 is 0 Å². The molecule has 1 unspecified atom stereocenters. The lowest BCUT2D eigenvalue weighted by Crippen LogP contribution is -2.54. The van der Waals surface area contributed by atoms with Gasteiger partial charge in [0.05, 0.1) is 30.8 Å². The Hall–Kier alpha value is -4.25. The standard InChI is InChI=1S/C32H40N4O7/c1-4-9-24(28(38)29(33)39)34-30(40)25-18-23-19-36(25)31(41)27(21-11-6-5-7-12-21)35-26(37)17-20-10-8-13-22(16-20)42-15-14-32(2,3)43-23/h5-8,10-13,16,23-25,27H,4,9,14-15,17-19H2,1-3H3,(H2,33,39)(H,34,40)(H,35,37)/t23-,24?,25+,27+/m1/s1. The quantitative estimate of drug-likeness (QED) is 0.415. The van der Waals surface area contributed by atoms with Gasteiger partial charge in [0, 0.05) is 19.4 Å². The molecule has 0 aromatic heterocycles. The Morgan fingerprint density at radius 3 is 2.56 bits per heavy atom. The van der Waals surface area contributed by atoms with Gasteiger partial charge in [-0.25, -0.2) is 0 Å². The van der Waals surface area contributed by atoms with Crippen LogP contribution < -0.4 is 21.1 Å². The highest BCUT2D eigenvalue weighted by molar-refractivity contribution is 6.37. The van der Waals surface area contributed by atoms with Crippen LogP contribution in [0.2, 0.25) is 0 Å². The molecule has 4 N–H and O–H groups in total. The van der Waals surface area contributed by atoms with Crippen LogP contribution in [0.1, 0.15) is 63.6 Å². The number of primary amides is 1. The second-order valence-corrected chi connectivity index (χ2v) is 11.7. The molecule has 2 aromatic carbocycles. The smallest absolute Gasteiger partial charge is 0.287 e. The van der Waals surface area contributed by atoms with E-state index in [1.54, 1.807) is 36.4 Å². The van der Waals surface area contributed by atoms with Gasteiger partial charge in [-0.3, -0.25) is 24.0 Å². The van der Waals surface area contributed by atoms with E-state index in [4.69, 9.17) is 15.2 Å². The Morgan fingerprint density at radius 1 is 1.12 bits per heavy atom. The monoisotopic (exact) mass is 592 g/mol. The number of Topliss-reactive ketones (excluding diaryl/α,β-unsaturated/α-hetero) is 1. The van der Waals surface area contributed by atoms with E-state index in [0.717, 1.165) is 5.56 Å². The summed E-state index contributed by atoms with van der Waals surface area (Å²) in [5.74, 6) is -2.88. The summed E-state index contributed by atoms with van der Waals surface area (Å²) >= 11 is 0. The van der Waals surface area contributed by atoms with Gasteiger partial charge in [-0.15, -0.1) is 0 Å². The van der Waals surface area contributed by atoms with Crippen molar-refractivity contribution >= 4 is 29.4 Å². The third kappa shape index (κ3) is 8.19. The maximum atomic E-state index is 14.3. The average Bonchev–Trinajstić information content (AvgIpc) is 3.38. The number of rotatable bonds is 7. The third-order valence-electron chi connectivity index (χ3n) is 7.71. The molecule has 230 valence electrons. The van der Waals surface area contributed by atoms with Crippen molar-refractivity contribution in [2.24, 2.45) is 5.73 Å². The molecule has 4 rings (SSSR count). The Bertz CT molecular complexity index is 1350. The van der Waals surface area contributed by atoms with Gasteiger partial charge in [-0.1, -0.05) is 55.8 Å². The Labute approximate surface area is 251 Å². The molecular weight excluding hydrogens is 552 g/mol. The summed E-state index contributed by atoms with van der Waals surface area (Å²) in [5.41, 5.74) is 5.85. The van der Waals surface area contributed by atoms with E-state index in [2.05, 4.69) is 10.6 Å². The van der Waals surface area contributed by atoms with Gasteiger partial charge < -0.3 is 30.7 Å². The summed E-state index contributed by atoms with van der Waals surface area (Å²) in [5, 5.41) is 5.52. The van der Waals surface area contributed by atoms with Gasteiger partial charge in [-0.05, 0) is 43.5 Å². The lowest BCUT2D eigenvalue weighted by Gasteiger charge is -2.30.